The van der Waals surface area contributed by atoms with E-state index in [1.54, 1.807) is 0 Å². The van der Waals surface area contributed by atoms with Gasteiger partial charge in [0.2, 0.25) is 0 Å². The molecule has 0 aromatic carbocycles. The smallest absolute Gasteiger partial charge is 0.194 e. The Morgan fingerprint density at radius 3 is 2.74 bits per heavy atom. The minimum absolute atomic E-state index is 0. The van der Waals surface area contributed by atoms with Crippen molar-refractivity contribution >= 4 is 29.9 Å². The fourth-order valence-electron chi connectivity index (χ4n) is 2.28. The van der Waals surface area contributed by atoms with E-state index < -0.39 is 0 Å². The summed E-state index contributed by atoms with van der Waals surface area (Å²) in [5, 5.41) is 3.34. The van der Waals surface area contributed by atoms with Crippen LogP contribution in [0.4, 0.5) is 0 Å². The van der Waals surface area contributed by atoms with Crippen molar-refractivity contribution in [2.75, 3.05) is 13.6 Å². The maximum atomic E-state index is 4.71. The Balaban J connectivity index is 0.00000264. The van der Waals surface area contributed by atoms with E-state index in [1.165, 1.54) is 11.3 Å². The summed E-state index contributed by atoms with van der Waals surface area (Å²) < 4.78 is 2.13. The number of guanidine groups is 1. The monoisotopic (exact) mass is 427 g/mol. The van der Waals surface area contributed by atoms with Crippen molar-refractivity contribution in [3.05, 3.63) is 53.6 Å². The van der Waals surface area contributed by atoms with E-state index in [-0.39, 0.29) is 24.0 Å². The highest BCUT2D eigenvalue weighted by molar-refractivity contribution is 14.0. The average molecular weight is 427 g/mol. The summed E-state index contributed by atoms with van der Waals surface area (Å²) in [5.74, 6) is 0.897. The van der Waals surface area contributed by atoms with Crippen LogP contribution in [0, 0.1) is 6.92 Å². The van der Waals surface area contributed by atoms with Crippen molar-refractivity contribution in [2.45, 2.75) is 26.9 Å². The lowest BCUT2D eigenvalue weighted by Gasteiger charge is -2.22. The Kier molecular flexibility index (Phi) is 8.08. The average Bonchev–Trinajstić information content (AvgIpc) is 2.90. The van der Waals surface area contributed by atoms with Crippen molar-refractivity contribution in [2.24, 2.45) is 12.0 Å². The molecule has 6 heteroatoms. The van der Waals surface area contributed by atoms with Crippen LogP contribution in [0.15, 0.2) is 41.7 Å². The number of aromatic nitrogens is 2. The summed E-state index contributed by atoms with van der Waals surface area (Å²) in [5.41, 5.74) is 3.44. The van der Waals surface area contributed by atoms with Crippen molar-refractivity contribution < 1.29 is 0 Å². The van der Waals surface area contributed by atoms with Crippen molar-refractivity contribution in [3.63, 3.8) is 0 Å². The summed E-state index contributed by atoms with van der Waals surface area (Å²) in [6, 6.07) is 8.21. The lowest BCUT2D eigenvalue weighted by Crippen LogP contribution is -2.38. The van der Waals surface area contributed by atoms with Gasteiger partial charge in [0.05, 0.1) is 18.8 Å². The molecule has 23 heavy (non-hydrogen) atoms. The number of nitrogens with zero attached hydrogens (tertiary/aromatic N) is 4. The molecule has 0 fully saturated rings. The molecule has 2 aromatic rings. The van der Waals surface area contributed by atoms with Crippen LogP contribution in [0.3, 0.4) is 0 Å². The first-order valence-electron chi connectivity index (χ1n) is 7.62. The van der Waals surface area contributed by atoms with E-state index in [0.29, 0.717) is 6.54 Å². The second-order valence-electron chi connectivity index (χ2n) is 5.40. The molecule has 2 heterocycles. The molecule has 126 valence electrons. The molecule has 0 aliphatic carbocycles. The molecule has 0 saturated carbocycles. The van der Waals surface area contributed by atoms with Crippen molar-refractivity contribution in [1.82, 2.24) is 19.8 Å². The number of hydrogen-bond acceptors (Lipinski definition) is 2. The number of nitrogens with one attached hydrogen (secondary N) is 1. The van der Waals surface area contributed by atoms with E-state index in [4.69, 9.17) is 4.99 Å². The molecular weight excluding hydrogens is 401 g/mol. The first-order chi connectivity index (χ1) is 10.6. The van der Waals surface area contributed by atoms with Gasteiger partial charge in [0.15, 0.2) is 5.96 Å². The molecule has 0 bridgehead atoms. The SMILES string of the molecule is CCNC(=NCc1ncccc1C)N(C)Cc1cccn1C.I. The quantitative estimate of drug-likeness (QED) is 0.454. The van der Waals surface area contributed by atoms with Gasteiger partial charge in [-0.3, -0.25) is 4.98 Å². The largest absolute Gasteiger partial charge is 0.357 e. The van der Waals surface area contributed by atoms with Gasteiger partial charge in [-0.15, -0.1) is 24.0 Å². The molecule has 0 spiro atoms. The third-order valence-electron chi connectivity index (χ3n) is 3.64. The maximum Gasteiger partial charge on any atom is 0.194 e. The molecule has 0 radical (unpaired) electrons. The molecule has 1 N–H and O–H groups in total. The van der Waals surface area contributed by atoms with Gasteiger partial charge in [0, 0.05) is 38.7 Å². The second-order valence-corrected chi connectivity index (χ2v) is 5.40. The van der Waals surface area contributed by atoms with Gasteiger partial charge in [-0.2, -0.15) is 0 Å². The first kappa shape index (κ1) is 19.5. The zero-order chi connectivity index (χ0) is 15.9. The van der Waals surface area contributed by atoms with Crippen LogP contribution >= 0.6 is 24.0 Å². The van der Waals surface area contributed by atoms with Crippen LogP contribution in [0.25, 0.3) is 0 Å². The molecule has 0 amide bonds. The summed E-state index contributed by atoms with van der Waals surface area (Å²) in [7, 11) is 4.12. The molecular formula is C17H26IN5. The van der Waals surface area contributed by atoms with Gasteiger partial charge in [0.25, 0.3) is 0 Å². The molecule has 5 nitrogen and oxygen atoms in total. The Bertz CT molecular complexity index is 635. The number of aryl methyl sites for hydroxylation is 2. The van der Waals surface area contributed by atoms with Crippen LogP contribution in [0.1, 0.15) is 23.9 Å². The van der Waals surface area contributed by atoms with Crippen LogP contribution in [0.5, 0.6) is 0 Å². The third-order valence-corrected chi connectivity index (χ3v) is 3.64. The van der Waals surface area contributed by atoms with Crippen LogP contribution in [-0.2, 0) is 20.1 Å². The highest BCUT2D eigenvalue weighted by atomic mass is 127. The third kappa shape index (κ3) is 5.53. The Morgan fingerprint density at radius 2 is 2.13 bits per heavy atom. The molecule has 0 atom stereocenters. The molecule has 2 rings (SSSR count). The number of halogens is 1. The summed E-state index contributed by atoms with van der Waals surface area (Å²) in [6.45, 7) is 6.40. The number of rotatable bonds is 5. The van der Waals surface area contributed by atoms with E-state index in [0.717, 1.165) is 24.7 Å². The van der Waals surface area contributed by atoms with Gasteiger partial charge in [-0.05, 0) is 37.6 Å². The Morgan fingerprint density at radius 1 is 1.35 bits per heavy atom. The lowest BCUT2D eigenvalue weighted by molar-refractivity contribution is 0.461. The Hall–Kier alpha value is -1.57. The number of pyridine rings is 1. The van der Waals surface area contributed by atoms with Crippen molar-refractivity contribution in [1.29, 1.82) is 0 Å². The van der Waals surface area contributed by atoms with Gasteiger partial charge in [0.1, 0.15) is 0 Å². The molecule has 0 aliphatic heterocycles. The van der Waals surface area contributed by atoms with Crippen LogP contribution < -0.4 is 5.32 Å². The van der Waals surface area contributed by atoms with E-state index in [1.807, 2.05) is 12.3 Å². The predicted octanol–water partition coefficient (Wildman–Crippen LogP) is 2.94. The normalized spacial score (nSPS) is 11.0. The van der Waals surface area contributed by atoms with Crippen molar-refractivity contribution in [3.8, 4) is 0 Å². The van der Waals surface area contributed by atoms with Gasteiger partial charge in [-0.1, -0.05) is 6.07 Å². The summed E-state index contributed by atoms with van der Waals surface area (Å²) in [4.78, 5) is 11.3. The minimum atomic E-state index is 0. The first-order valence-corrected chi connectivity index (χ1v) is 7.62. The Labute approximate surface area is 155 Å². The van der Waals surface area contributed by atoms with Gasteiger partial charge >= 0.3 is 0 Å². The topological polar surface area (TPSA) is 45.5 Å². The molecule has 0 aliphatic rings. The minimum Gasteiger partial charge on any atom is -0.357 e. The van der Waals surface area contributed by atoms with Gasteiger partial charge in [-0.25, -0.2) is 4.99 Å². The zero-order valence-electron chi connectivity index (χ0n) is 14.3. The standard InChI is InChI=1S/C17H25N5.HI/c1-5-18-17(20-12-16-14(2)8-6-10-19-16)22(4)13-15-9-7-11-21(15)3;/h6-11H,5,12-13H2,1-4H3,(H,18,20);1H. The highest BCUT2D eigenvalue weighted by Crippen LogP contribution is 2.07. The highest BCUT2D eigenvalue weighted by Gasteiger charge is 2.08. The summed E-state index contributed by atoms with van der Waals surface area (Å²) >= 11 is 0. The molecule has 0 unspecified atom stereocenters. The number of aliphatic imine (C=N–C) groups is 1. The fraction of sp³-hybridized carbons (Fsp3) is 0.412. The summed E-state index contributed by atoms with van der Waals surface area (Å²) in [6.07, 6.45) is 3.88. The molecule has 2 aromatic heterocycles. The lowest BCUT2D eigenvalue weighted by atomic mass is 10.2. The number of hydrogen-bond donors (Lipinski definition) is 1. The van der Waals surface area contributed by atoms with Gasteiger partial charge < -0.3 is 14.8 Å². The van der Waals surface area contributed by atoms with E-state index >= 15 is 0 Å². The predicted molar refractivity (Wildman–Crippen MR) is 106 cm³/mol. The maximum absolute atomic E-state index is 4.71. The second kappa shape index (κ2) is 9.54. The van der Waals surface area contributed by atoms with E-state index in [2.05, 4.69) is 72.1 Å². The van der Waals surface area contributed by atoms with Crippen LogP contribution in [0.2, 0.25) is 0 Å². The zero-order valence-corrected chi connectivity index (χ0v) is 16.6. The molecule has 0 saturated heterocycles. The van der Waals surface area contributed by atoms with Crippen LogP contribution in [-0.4, -0.2) is 34.0 Å². The fourth-order valence-corrected chi connectivity index (χ4v) is 2.28. The van der Waals surface area contributed by atoms with E-state index in [9.17, 15) is 0 Å².